The molecule has 0 aromatic carbocycles. The number of carbonyl (C=O) groups is 1. The molecule has 7 heteroatoms. The molecule has 6 nitrogen and oxygen atoms in total. The van der Waals surface area contributed by atoms with E-state index in [9.17, 15) is 13.2 Å². The van der Waals surface area contributed by atoms with Crippen LogP contribution in [0.25, 0.3) is 0 Å². The van der Waals surface area contributed by atoms with Crippen LogP contribution in [0.3, 0.4) is 0 Å². The zero-order chi connectivity index (χ0) is 13.8. The Labute approximate surface area is 109 Å². The Balaban J connectivity index is 2.66. The van der Waals surface area contributed by atoms with Crippen LogP contribution in [-0.4, -0.2) is 44.4 Å². The minimum absolute atomic E-state index is 0.155. The Morgan fingerprint density at radius 2 is 2.17 bits per heavy atom. The zero-order valence-corrected chi connectivity index (χ0v) is 12.0. The maximum absolute atomic E-state index is 12.0. The van der Waals surface area contributed by atoms with Crippen LogP contribution in [-0.2, 0) is 19.7 Å². The fourth-order valence-electron chi connectivity index (χ4n) is 1.99. The van der Waals surface area contributed by atoms with Crippen molar-refractivity contribution in [3.05, 3.63) is 0 Å². The van der Waals surface area contributed by atoms with Crippen molar-refractivity contribution < 1.29 is 17.9 Å². The molecule has 0 bridgehead atoms. The summed E-state index contributed by atoms with van der Waals surface area (Å²) in [6.07, 6.45) is 1.37. The second kappa shape index (κ2) is 6.49. The van der Waals surface area contributed by atoms with Crippen molar-refractivity contribution in [2.45, 2.75) is 39.7 Å². The third-order valence-corrected chi connectivity index (χ3v) is 4.51. The van der Waals surface area contributed by atoms with E-state index in [0.717, 1.165) is 0 Å². The van der Waals surface area contributed by atoms with Gasteiger partial charge >= 0.3 is 5.97 Å². The van der Waals surface area contributed by atoms with Gasteiger partial charge in [0.2, 0.25) is 0 Å². The summed E-state index contributed by atoms with van der Waals surface area (Å²) in [6.45, 7) is 6.27. The number of esters is 1. The van der Waals surface area contributed by atoms with Crippen LogP contribution in [0.1, 0.15) is 33.6 Å². The van der Waals surface area contributed by atoms with Gasteiger partial charge in [-0.2, -0.15) is 17.4 Å². The molecule has 1 aliphatic heterocycles. The van der Waals surface area contributed by atoms with Gasteiger partial charge in [-0.3, -0.25) is 4.79 Å². The van der Waals surface area contributed by atoms with E-state index in [0.29, 0.717) is 26.0 Å². The van der Waals surface area contributed by atoms with Crippen LogP contribution < -0.4 is 4.72 Å². The summed E-state index contributed by atoms with van der Waals surface area (Å²) in [7, 11) is -3.49. The standard InChI is InChI=1S/C11H22N2O4S/c1-4-17-11(14)10-6-5-7-13(8-10)18(15,16)12-9(2)3/h9-10,12H,4-8H2,1-3H3/t10-/m0/s1. The summed E-state index contributed by atoms with van der Waals surface area (Å²) in [5.74, 6) is -0.649. The molecule has 0 radical (unpaired) electrons. The molecule has 18 heavy (non-hydrogen) atoms. The second-order valence-electron chi connectivity index (χ2n) is 4.73. The first-order valence-electron chi connectivity index (χ1n) is 6.31. The molecular weight excluding hydrogens is 256 g/mol. The van der Waals surface area contributed by atoms with Gasteiger partial charge in [-0.1, -0.05) is 0 Å². The molecule has 0 spiro atoms. The topological polar surface area (TPSA) is 75.7 Å². The van der Waals surface area contributed by atoms with Gasteiger partial charge in [0.05, 0.1) is 12.5 Å². The molecule has 1 rings (SSSR count). The summed E-state index contributed by atoms with van der Waals surface area (Å²) < 4.78 is 32.8. The minimum Gasteiger partial charge on any atom is -0.466 e. The summed E-state index contributed by atoms with van der Waals surface area (Å²) in [5.41, 5.74) is 0. The zero-order valence-electron chi connectivity index (χ0n) is 11.2. The van der Waals surface area contributed by atoms with Crippen LogP contribution in [0.15, 0.2) is 0 Å². The number of rotatable bonds is 5. The predicted molar refractivity (Wildman–Crippen MR) is 68.1 cm³/mol. The third-order valence-electron chi connectivity index (χ3n) is 2.73. The first-order chi connectivity index (χ1) is 8.36. The van der Waals surface area contributed by atoms with Gasteiger partial charge in [0.1, 0.15) is 0 Å². The molecule has 106 valence electrons. The SMILES string of the molecule is CCOC(=O)[C@H]1CCCN(S(=O)(=O)NC(C)C)C1. The Kier molecular flexibility index (Phi) is 5.55. The molecule has 0 aliphatic carbocycles. The lowest BCUT2D eigenvalue weighted by Crippen LogP contribution is -2.49. The lowest BCUT2D eigenvalue weighted by molar-refractivity contribution is -0.149. The molecule has 0 saturated carbocycles. The van der Waals surface area contributed by atoms with Crippen LogP contribution in [0, 0.1) is 5.92 Å². The maximum atomic E-state index is 12.0. The first kappa shape index (κ1) is 15.4. The van der Waals surface area contributed by atoms with Gasteiger partial charge in [0, 0.05) is 19.1 Å². The van der Waals surface area contributed by atoms with Gasteiger partial charge in [-0.15, -0.1) is 0 Å². The normalized spacial score (nSPS) is 22.1. The third kappa shape index (κ3) is 4.22. The van der Waals surface area contributed by atoms with E-state index < -0.39 is 10.2 Å². The van der Waals surface area contributed by atoms with E-state index in [-0.39, 0.29) is 24.5 Å². The van der Waals surface area contributed by atoms with Crippen molar-refractivity contribution in [2.75, 3.05) is 19.7 Å². The van der Waals surface area contributed by atoms with E-state index >= 15 is 0 Å². The maximum Gasteiger partial charge on any atom is 0.310 e. The van der Waals surface area contributed by atoms with Crippen LogP contribution in [0.5, 0.6) is 0 Å². The Morgan fingerprint density at radius 3 is 2.72 bits per heavy atom. The van der Waals surface area contributed by atoms with Crippen molar-refractivity contribution in [3.63, 3.8) is 0 Å². The van der Waals surface area contributed by atoms with E-state index in [1.54, 1.807) is 20.8 Å². The summed E-state index contributed by atoms with van der Waals surface area (Å²) in [6, 6.07) is -0.155. The van der Waals surface area contributed by atoms with E-state index in [2.05, 4.69) is 4.72 Å². The molecule has 0 unspecified atom stereocenters. The number of nitrogens with one attached hydrogen (secondary N) is 1. The molecule has 1 N–H and O–H groups in total. The average Bonchev–Trinajstić information content (AvgIpc) is 2.28. The largest absolute Gasteiger partial charge is 0.466 e. The number of nitrogens with zero attached hydrogens (tertiary/aromatic N) is 1. The number of ether oxygens (including phenoxy) is 1. The quantitative estimate of drug-likeness (QED) is 0.743. The van der Waals surface area contributed by atoms with Crippen molar-refractivity contribution in [2.24, 2.45) is 5.92 Å². The lowest BCUT2D eigenvalue weighted by Gasteiger charge is -2.31. The molecule has 1 atom stereocenters. The van der Waals surface area contributed by atoms with Gasteiger partial charge in [0.25, 0.3) is 10.2 Å². The smallest absolute Gasteiger partial charge is 0.310 e. The van der Waals surface area contributed by atoms with E-state index in [4.69, 9.17) is 4.74 Å². The second-order valence-corrected chi connectivity index (χ2v) is 6.43. The molecule has 0 aromatic heterocycles. The Bertz CT molecular complexity index is 381. The number of piperidine rings is 1. The summed E-state index contributed by atoms with van der Waals surface area (Å²) in [5, 5.41) is 0. The van der Waals surface area contributed by atoms with Crippen LogP contribution >= 0.6 is 0 Å². The van der Waals surface area contributed by atoms with Crippen molar-refractivity contribution in [1.29, 1.82) is 0 Å². The number of carbonyl (C=O) groups excluding carboxylic acids is 1. The lowest BCUT2D eigenvalue weighted by atomic mass is 10.0. The van der Waals surface area contributed by atoms with Crippen LogP contribution in [0.2, 0.25) is 0 Å². The van der Waals surface area contributed by atoms with Crippen molar-refractivity contribution in [3.8, 4) is 0 Å². The molecule has 1 saturated heterocycles. The molecular formula is C11H22N2O4S. The molecule has 0 aromatic rings. The number of hydrogen-bond donors (Lipinski definition) is 1. The highest BCUT2D eigenvalue weighted by Crippen LogP contribution is 2.20. The predicted octanol–water partition coefficient (Wildman–Crippen LogP) is 0.504. The van der Waals surface area contributed by atoms with Gasteiger partial charge in [-0.05, 0) is 33.6 Å². The fourth-order valence-corrected chi connectivity index (χ4v) is 3.48. The fraction of sp³-hybridized carbons (Fsp3) is 0.909. The first-order valence-corrected chi connectivity index (χ1v) is 7.75. The van der Waals surface area contributed by atoms with Crippen molar-refractivity contribution in [1.82, 2.24) is 9.03 Å². The summed E-state index contributed by atoms with van der Waals surface area (Å²) in [4.78, 5) is 11.6. The number of hydrogen-bond acceptors (Lipinski definition) is 4. The molecule has 1 aliphatic rings. The highest BCUT2D eigenvalue weighted by atomic mass is 32.2. The summed E-state index contributed by atoms with van der Waals surface area (Å²) >= 11 is 0. The average molecular weight is 278 g/mol. The highest BCUT2D eigenvalue weighted by Gasteiger charge is 2.33. The Morgan fingerprint density at radius 1 is 1.50 bits per heavy atom. The Hall–Kier alpha value is -0.660. The molecule has 1 heterocycles. The van der Waals surface area contributed by atoms with E-state index in [1.807, 2.05) is 0 Å². The molecule has 1 fully saturated rings. The van der Waals surface area contributed by atoms with Crippen molar-refractivity contribution >= 4 is 16.2 Å². The van der Waals surface area contributed by atoms with E-state index in [1.165, 1.54) is 4.31 Å². The van der Waals surface area contributed by atoms with Gasteiger partial charge < -0.3 is 4.74 Å². The minimum atomic E-state index is -3.49. The van der Waals surface area contributed by atoms with Crippen LogP contribution in [0.4, 0.5) is 0 Å². The molecule has 0 amide bonds. The monoisotopic (exact) mass is 278 g/mol. The highest BCUT2D eigenvalue weighted by molar-refractivity contribution is 7.87. The van der Waals surface area contributed by atoms with Gasteiger partial charge in [-0.25, -0.2) is 0 Å². The van der Waals surface area contributed by atoms with Gasteiger partial charge in [0.15, 0.2) is 0 Å².